The minimum atomic E-state index is -0.510. The Morgan fingerprint density at radius 2 is 1.36 bits per heavy atom. The number of hydrogen-bond donors (Lipinski definition) is 0. The van der Waals surface area contributed by atoms with Crippen molar-refractivity contribution >= 4 is 11.7 Å². The van der Waals surface area contributed by atoms with E-state index in [9.17, 15) is 14.9 Å². The van der Waals surface area contributed by atoms with Crippen molar-refractivity contribution in [1.29, 1.82) is 0 Å². The second kappa shape index (κ2) is 16.1. The van der Waals surface area contributed by atoms with Gasteiger partial charge in [-0.3, -0.25) is 10.1 Å². The molecule has 0 heterocycles. The van der Waals surface area contributed by atoms with Crippen LogP contribution in [0.5, 0.6) is 0 Å². The van der Waals surface area contributed by atoms with Crippen molar-refractivity contribution in [1.82, 2.24) is 0 Å². The van der Waals surface area contributed by atoms with E-state index in [4.69, 9.17) is 4.74 Å². The molecular formula is C23H37NO4. The van der Waals surface area contributed by atoms with Gasteiger partial charge in [-0.25, -0.2) is 4.79 Å². The first-order valence-electron chi connectivity index (χ1n) is 11.1. The van der Waals surface area contributed by atoms with Crippen LogP contribution in [0.25, 0.3) is 0 Å². The van der Waals surface area contributed by atoms with Crippen molar-refractivity contribution in [2.75, 3.05) is 6.61 Å². The lowest BCUT2D eigenvalue weighted by Crippen LogP contribution is -2.06. The van der Waals surface area contributed by atoms with Crippen molar-refractivity contribution in [3.63, 3.8) is 0 Å². The van der Waals surface area contributed by atoms with Gasteiger partial charge in [-0.15, -0.1) is 0 Å². The first-order chi connectivity index (χ1) is 13.6. The van der Waals surface area contributed by atoms with E-state index in [-0.39, 0.29) is 11.3 Å². The molecule has 0 aliphatic rings. The van der Waals surface area contributed by atoms with Crippen LogP contribution >= 0.6 is 0 Å². The van der Waals surface area contributed by atoms with Crippen LogP contribution in [0.4, 0.5) is 5.69 Å². The van der Waals surface area contributed by atoms with Crippen molar-refractivity contribution in [2.45, 2.75) is 96.8 Å². The molecule has 0 bridgehead atoms. The number of carbonyl (C=O) groups excluding carboxylic acids is 1. The Kier molecular flexibility index (Phi) is 13.9. The molecule has 1 rings (SSSR count). The van der Waals surface area contributed by atoms with E-state index in [0.29, 0.717) is 6.61 Å². The molecule has 0 saturated carbocycles. The summed E-state index contributed by atoms with van der Waals surface area (Å²) in [5.41, 5.74) is 0.144. The summed E-state index contributed by atoms with van der Waals surface area (Å²) in [5, 5.41) is 10.7. The van der Waals surface area contributed by atoms with E-state index >= 15 is 0 Å². The second-order valence-electron chi connectivity index (χ2n) is 7.54. The third-order valence-corrected chi connectivity index (χ3v) is 5.02. The molecule has 28 heavy (non-hydrogen) atoms. The molecule has 0 aliphatic carbocycles. The predicted molar refractivity (Wildman–Crippen MR) is 114 cm³/mol. The summed E-state index contributed by atoms with van der Waals surface area (Å²) in [5.74, 6) is -0.488. The minimum absolute atomic E-state index is 0.0917. The van der Waals surface area contributed by atoms with Gasteiger partial charge >= 0.3 is 5.97 Å². The smallest absolute Gasteiger partial charge is 0.338 e. The molecule has 0 radical (unpaired) electrons. The molecule has 5 nitrogen and oxygen atoms in total. The van der Waals surface area contributed by atoms with Crippen molar-refractivity contribution in [3.8, 4) is 0 Å². The molecule has 0 fully saturated rings. The first-order valence-corrected chi connectivity index (χ1v) is 11.1. The molecule has 0 amide bonds. The van der Waals surface area contributed by atoms with Crippen LogP contribution in [0.1, 0.15) is 107 Å². The lowest BCUT2D eigenvalue weighted by Gasteiger charge is -2.05. The monoisotopic (exact) mass is 391 g/mol. The first kappa shape index (κ1) is 24.1. The number of ether oxygens (including phenoxy) is 1. The van der Waals surface area contributed by atoms with Gasteiger partial charge in [0.2, 0.25) is 0 Å². The summed E-state index contributed by atoms with van der Waals surface area (Å²) in [4.78, 5) is 22.1. The van der Waals surface area contributed by atoms with Crippen molar-refractivity contribution in [2.24, 2.45) is 0 Å². The Hall–Kier alpha value is -1.91. The highest BCUT2D eigenvalue weighted by atomic mass is 16.6. The number of nitro benzene ring substituents is 1. The predicted octanol–water partition coefficient (Wildman–Crippen LogP) is 7.23. The van der Waals surface area contributed by atoms with Gasteiger partial charge in [-0.1, -0.05) is 96.5 Å². The normalized spacial score (nSPS) is 10.8. The van der Waals surface area contributed by atoms with Gasteiger partial charge in [0.1, 0.15) is 0 Å². The van der Waals surface area contributed by atoms with E-state index in [1.54, 1.807) is 6.07 Å². The van der Waals surface area contributed by atoms with E-state index in [2.05, 4.69) is 6.92 Å². The number of nitrogens with zero attached hydrogens (tertiary/aromatic N) is 1. The van der Waals surface area contributed by atoms with Gasteiger partial charge in [0.25, 0.3) is 5.69 Å². The standard InChI is InChI=1S/C23H37NO4/c1-2-3-4-5-6-7-8-9-10-11-12-13-14-15-19-28-23(25)21-17-16-18-22(20-21)24(26)27/h16-18,20H,2-15,19H2,1H3. The van der Waals surface area contributed by atoms with E-state index < -0.39 is 10.9 Å². The van der Waals surface area contributed by atoms with Crippen LogP contribution in [0, 0.1) is 10.1 Å². The third kappa shape index (κ3) is 11.7. The highest BCUT2D eigenvalue weighted by molar-refractivity contribution is 5.90. The van der Waals surface area contributed by atoms with Crippen LogP contribution in [0.3, 0.4) is 0 Å². The number of benzene rings is 1. The van der Waals surface area contributed by atoms with Gasteiger partial charge in [0.05, 0.1) is 17.1 Å². The fraction of sp³-hybridized carbons (Fsp3) is 0.696. The Bertz CT molecular complexity index is 559. The number of unbranched alkanes of at least 4 members (excludes halogenated alkanes) is 13. The minimum Gasteiger partial charge on any atom is -0.462 e. The maximum absolute atomic E-state index is 11.9. The fourth-order valence-electron chi connectivity index (χ4n) is 3.29. The van der Waals surface area contributed by atoms with E-state index in [1.165, 1.54) is 95.2 Å². The maximum Gasteiger partial charge on any atom is 0.338 e. The summed E-state index contributed by atoms with van der Waals surface area (Å²) < 4.78 is 5.21. The summed E-state index contributed by atoms with van der Waals surface area (Å²) in [6.07, 6.45) is 18.0. The molecule has 1 aromatic rings. The Balaban J connectivity index is 1.92. The lowest BCUT2D eigenvalue weighted by atomic mass is 10.0. The highest BCUT2D eigenvalue weighted by Crippen LogP contribution is 2.15. The van der Waals surface area contributed by atoms with Crippen LogP contribution < -0.4 is 0 Å². The van der Waals surface area contributed by atoms with Crippen LogP contribution in [-0.4, -0.2) is 17.5 Å². The molecule has 1 aromatic carbocycles. The molecular weight excluding hydrogens is 354 g/mol. The molecule has 0 aromatic heterocycles. The Morgan fingerprint density at radius 1 is 0.857 bits per heavy atom. The largest absolute Gasteiger partial charge is 0.462 e. The van der Waals surface area contributed by atoms with Gasteiger partial charge < -0.3 is 4.74 Å². The third-order valence-electron chi connectivity index (χ3n) is 5.02. The van der Waals surface area contributed by atoms with Crippen molar-refractivity contribution < 1.29 is 14.5 Å². The highest BCUT2D eigenvalue weighted by Gasteiger charge is 2.12. The molecule has 0 aliphatic heterocycles. The zero-order chi connectivity index (χ0) is 20.5. The van der Waals surface area contributed by atoms with Crippen molar-refractivity contribution in [3.05, 3.63) is 39.9 Å². The van der Waals surface area contributed by atoms with Gasteiger partial charge in [0, 0.05) is 12.1 Å². The Labute approximate surface area is 170 Å². The number of carbonyl (C=O) groups is 1. The molecule has 0 unspecified atom stereocenters. The second-order valence-corrected chi connectivity index (χ2v) is 7.54. The summed E-state index contributed by atoms with van der Waals surface area (Å²) in [7, 11) is 0. The average Bonchev–Trinajstić information content (AvgIpc) is 2.70. The van der Waals surface area contributed by atoms with Crippen LogP contribution in [-0.2, 0) is 4.74 Å². The Morgan fingerprint density at radius 3 is 1.86 bits per heavy atom. The fourth-order valence-corrected chi connectivity index (χ4v) is 3.29. The lowest BCUT2D eigenvalue weighted by molar-refractivity contribution is -0.384. The average molecular weight is 392 g/mol. The van der Waals surface area contributed by atoms with Gasteiger partial charge in [-0.05, 0) is 12.5 Å². The quantitative estimate of drug-likeness (QED) is 0.121. The number of rotatable bonds is 17. The number of nitro groups is 1. The summed E-state index contributed by atoms with van der Waals surface area (Å²) >= 11 is 0. The van der Waals surface area contributed by atoms with Crippen LogP contribution in [0.15, 0.2) is 24.3 Å². The molecule has 0 saturated heterocycles. The van der Waals surface area contributed by atoms with Crippen LogP contribution in [0.2, 0.25) is 0 Å². The number of esters is 1. The summed E-state index contributed by atoms with van der Waals surface area (Å²) in [6.45, 7) is 2.63. The molecule has 0 N–H and O–H groups in total. The van der Waals surface area contributed by atoms with Gasteiger partial charge in [-0.2, -0.15) is 0 Å². The zero-order valence-electron chi connectivity index (χ0n) is 17.5. The zero-order valence-corrected chi connectivity index (χ0v) is 17.5. The van der Waals surface area contributed by atoms with E-state index in [0.717, 1.165) is 12.8 Å². The number of non-ortho nitro benzene ring substituents is 1. The van der Waals surface area contributed by atoms with Gasteiger partial charge in [0.15, 0.2) is 0 Å². The topological polar surface area (TPSA) is 69.4 Å². The molecule has 0 spiro atoms. The summed E-state index contributed by atoms with van der Waals surface area (Å²) in [6, 6.07) is 5.67. The van der Waals surface area contributed by atoms with E-state index in [1.807, 2.05) is 0 Å². The SMILES string of the molecule is CCCCCCCCCCCCCCCCOC(=O)c1cccc([N+](=O)[O-])c1. The maximum atomic E-state index is 11.9. The number of hydrogen-bond acceptors (Lipinski definition) is 4. The molecule has 0 atom stereocenters. The molecule has 158 valence electrons. The molecule has 5 heteroatoms.